The quantitative estimate of drug-likeness (QED) is 0.621. The lowest BCUT2D eigenvalue weighted by molar-refractivity contribution is -0.122. The van der Waals surface area contributed by atoms with Crippen molar-refractivity contribution in [1.29, 1.82) is 0 Å². The summed E-state index contributed by atoms with van der Waals surface area (Å²) in [6.45, 7) is 5.25. The van der Waals surface area contributed by atoms with E-state index < -0.39 is 0 Å². The fourth-order valence-electron chi connectivity index (χ4n) is 1.59. The molecule has 4 heteroatoms. The smallest absolute Gasteiger partial charge is 0.233 e. The highest BCUT2D eigenvalue weighted by Gasteiger charge is 2.16. The van der Waals surface area contributed by atoms with Crippen LogP contribution in [0.1, 0.15) is 26.7 Å². The summed E-state index contributed by atoms with van der Waals surface area (Å²) in [6.07, 6.45) is 2.01. The van der Waals surface area contributed by atoms with Crippen LogP contribution in [0.5, 0.6) is 0 Å². The molecule has 0 aromatic carbocycles. The van der Waals surface area contributed by atoms with Crippen molar-refractivity contribution < 1.29 is 9.90 Å². The maximum absolute atomic E-state index is 11.2. The molecule has 0 aromatic rings. The average Bonchev–Trinajstić information content (AvgIpc) is 2.19. The second-order valence-electron chi connectivity index (χ2n) is 3.34. The highest BCUT2D eigenvalue weighted by atomic mass is 16.3. The van der Waals surface area contributed by atoms with Gasteiger partial charge in [-0.15, -0.1) is 0 Å². The van der Waals surface area contributed by atoms with Crippen LogP contribution in [-0.4, -0.2) is 48.7 Å². The molecular formula is C10H22N2O2. The molecule has 0 aliphatic rings. The maximum Gasteiger partial charge on any atom is 0.233 e. The minimum atomic E-state index is 0.00495. The zero-order valence-corrected chi connectivity index (χ0v) is 9.42. The van der Waals surface area contributed by atoms with Crippen molar-refractivity contribution in [2.75, 3.05) is 26.7 Å². The van der Waals surface area contributed by atoms with Crippen molar-refractivity contribution >= 4 is 5.91 Å². The monoisotopic (exact) mass is 202 g/mol. The van der Waals surface area contributed by atoms with Gasteiger partial charge in [-0.2, -0.15) is 0 Å². The molecule has 84 valence electrons. The fraction of sp³-hybridized carbons (Fsp3) is 0.900. The third kappa shape index (κ3) is 4.58. The van der Waals surface area contributed by atoms with Crippen LogP contribution in [0.2, 0.25) is 0 Å². The molecule has 1 amide bonds. The van der Waals surface area contributed by atoms with Gasteiger partial charge in [-0.05, 0) is 12.8 Å². The highest BCUT2D eigenvalue weighted by molar-refractivity contribution is 5.77. The number of nitrogens with zero attached hydrogens (tertiary/aromatic N) is 1. The summed E-state index contributed by atoms with van der Waals surface area (Å²) in [4.78, 5) is 13.2. The Labute approximate surface area is 86.3 Å². The molecule has 0 rings (SSSR count). The summed E-state index contributed by atoms with van der Waals surface area (Å²) in [5.41, 5.74) is 0. The van der Waals surface area contributed by atoms with E-state index in [2.05, 4.69) is 19.2 Å². The molecular weight excluding hydrogens is 180 g/mol. The molecule has 0 atom stereocenters. The number of hydrogen-bond donors (Lipinski definition) is 2. The summed E-state index contributed by atoms with van der Waals surface area (Å²) in [5.74, 6) is 0.00495. The molecule has 0 heterocycles. The first-order valence-electron chi connectivity index (χ1n) is 5.25. The molecule has 0 unspecified atom stereocenters. The number of nitrogens with one attached hydrogen (secondary N) is 1. The third-order valence-corrected chi connectivity index (χ3v) is 2.47. The van der Waals surface area contributed by atoms with Crippen LogP contribution >= 0.6 is 0 Å². The molecule has 0 aliphatic heterocycles. The molecule has 4 nitrogen and oxygen atoms in total. The Bertz CT molecular complexity index is 158. The number of carbonyl (C=O) groups is 1. The molecule has 14 heavy (non-hydrogen) atoms. The molecule has 0 aromatic heterocycles. The predicted octanol–water partition coefficient (Wildman–Crippen LogP) is 0.215. The van der Waals surface area contributed by atoms with E-state index >= 15 is 0 Å². The molecule has 0 fully saturated rings. The van der Waals surface area contributed by atoms with Gasteiger partial charge in [-0.25, -0.2) is 0 Å². The second kappa shape index (κ2) is 7.76. The van der Waals surface area contributed by atoms with E-state index in [1.54, 1.807) is 7.05 Å². The van der Waals surface area contributed by atoms with Gasteiger partial charge in [0.05, 0.1) is 13.2 Å². The lowest BCUT2D eigenvalue weighted by Gasteiger charge is -2.28. The van der Waals surface area contributed by atoms with Crippen molar-refractivity contribution in [3.05, 3.63) is 0 Å². The van der Waals surface area contributed by atoms with E-state index in [9.17, 15) is 4.79 Å². The Balaban J connectivity index is 4.17. The number of amides is 1. The van der Waals surface area contributed by atoms with Crippen LogP contribution in [0.3, 0.4) is 0 Å². The summed E-state index contributed by atoms with van der Waals surface area (Å²) in [5, 5.41) is 11.5. The first kappa shape index (κ1) is 13.4. The van der Waals surface area contributed by atoms with E-state index in [4.69, 9.17) is 5.11 Å². The molecule has 0 radical (unpaired) electrons. The molecule has 0 bridgehead atoms. The zero-order valence-electron chi connectivity index (χ0n) is 9.42. The standard InChI is InChI=1S/C10H22N2O2/c1-4-9(5-2)12(6-7-13)8-10(14)11-3/h9,13H,4-8H2,1-3H3,(H,11,14). The molecule has 0 spiro atoms. The minimum Gasteiger partial charge on any atom is -0.395 e. The van der Waals surface area contributed by atoms with Crippen LogP contribution in [0.4, 0.5) is 0 Å². The SMILES string of the molecule is CCC(CC)N(CCO)CC(=O)NC. The van der Waals surface area contributed by atoms with Crippen LogP contribution in [0.25, 0.3) is 0 Å². The second-order valence-corrected chi connectivity index (χ2v) is 3.34. The summed E-state index contributed by atoms with van der Waals surface area (Å²) < 4.78 is 0. The average molecular weight is 202 g/mol. The molecule has 2 N–H and O–H groups in total. The molecule has 0 saturated carbocycles. The van der Waals surface area contributed by atoms with Gasteiger partial charge in [-0.3, -0.25) is 9.69 Å². The zero-order chi connectivity index (χ0) is 11.0. The molecule has 0 saturated heterocycles. The third-order valence-electron chi connectivity index (χ3n) is 2.47. The Hall–Kier alpha value is -0.610. The van der Waals surface area contributed by atoms with E-state index in [1.807, 2.05) is 4.90 Å². The Morgan fingerprint density at radius 1 is 1.43 bits per heavy atom. The predicted molar refractivity (Wildman–Crippen MR) is 57.1 cm³/mol. The Morgan fingerprint density at radius 3 is 2.36 bits per heavy atom. The van der Waals surface area contributed by atoms with Gasteiger partial charge in [0.15, 0.2) is 0 Å². The summed E-state index contributed by atoms with van der Waals surface area (Å²) in [7, 11) is 1.63. The van der Waals surface area contributed by atoms with Gasteiger partial charge < -0.3 is 10.4 Å². The van der Waals surface area contributed by atoms with Crippen molar-refractivity contribution in [3.8, 4) is 0 Å². The lowest BCUT2D eigenvalue weighted by atomic mass is 10.1. The minimum absolute atomic E-state index is 0.00495. The van der Waals surface area contributed by atoms with Crippen molar-refractivity contribution in [2.24, 2.45) is 0 Å². The van der Waals surface area contributed by atoms with E-state index in [1.165, 1.54) is 0 Å². The van der Waals surface area contributed by atoms with Crippen molar-refractivity contribution in [3.63, 3.8) is 0 Å². The maximum atomic E-state index is 11.2. The van der Waals surface area contributed by atoms with Gasteiger partial charge in [0.25, 0.3) is 0 Å². The number of hydrogen-bond acceptors (Lipinski definition) is 3. The Kier molecular flexibility index (Phi) is 7.42. The lowest BCUT2D eigenvalue weighted by Crippen LogP contribution is -2.43. The van der Waals surface area contributed by atoms with E-state index in [0.29, 0.717) is 19.1 Å². The van der Waals surface area contributed by atoms with Gasteiger partial charge in [0, 0.05) is 19.6 Å². The van der Waals surface area contributed by atoms with Crippen LogP contribution in [0, 0.1) is 0 Å². The van der Waals surface area contributed by atoms with Gasteiger partial charge in [-0.1, -0.05) is 13.8 Å². The number of likely N-dealkylation sites (N-methyl/N-ethyl adjacent to an activating group) is 1. The fourth-order valence-corrected chi connectivity index (χ4v) is 1.59. The number of aliphatic hydroxyl groups is 1. The summed E-state index contributed by atoms with van der Waals surface area (Å²) >= 11 is 0. The van der Waals surface area contributed by atoms with Crippen LogP contribution in [-0.2, 0) is 4.79 Å². The first-order valence-corrected chi connectivity index (χ1v) is 5.25. The normalized spacial score (nSPS) is 11.0. The van der Waals surface area contributed by atoms with Crippen LogP contribution < -0.4 is 5.32 Å². The number of aliphatic hydroxyl groups excluding tert-OH is 1. The van der Waals surface area contributed by atoms with E-state index in [-0.39, 0.29) is 12.5 Å². The Morgan fingerprint density at radius 2 is 2.00 bits per heavy atom. The largest absolute Gasteiger partial charge is 0.395 e. The van der Waals surface area contributed by atoms with Gasteiger partial charge >= 0.3 is 0 Å². The van der Waals surface area contributed by atoms with Crippen LogP contribution in [0.15, 0.2) is 0 Å². The first-order chi connectivity index (χ1) is 6.69. The summed E-state index contributed by atoms with van der Waals surface area (Å²) in [6, 6.07) is 0.388. The number of carbonyl (C=O) groups excluding carboxylic acids is 1. The van der Waals surface area contributed by atoms with E-state index in [0.717, 1.165) is 12.8 Å². The van der Waals surface area contributed by atoms with Gasteiger partial charge in [0.1, 0.15) is 0 Å². The highest BCUT2D eigenvalue weighted by Crippen LogP contribution is 2.07. The molecule has 0 aliphatic carbocycles. The number of rotatable bonds is 7. The van der Waals surface area contributed by atoms with Crippen molar-refractivity contribution in [2.45, 2.75) is 32.7 Å². The van der Waals surface area contributed by atoms with Crippen molar-refractivity contribution in [1.82, 2.24) is 10.2 Å². The topological polar surface area (TPSA) is 52.6 Å². The van der Waals surface area contributed by atoms with Gasteiger partial charge in [0.2, 0.25) is 5.91 Å².